The number of amides is 1. The fourth-order valence-corrected chi connectivity index (χ4v) is 5.44. The number of benzene rings is 1. The first kappa shape index (κ1) is 19.7. The summed E-state index contributed by atoms with van der Waals surface area (Å²) < 4.78 is 51.3. The Kier molecular flexibility index (Phi) is 5.80. The standard InChI is InChI=1S/C16H18F2N4O3S2/c1-22-14(6-10-4-5-27(24,25)9-10)20-21-16(22)26-8-15(23)19-13-3-2-11(17)7-12(13)18/h2-3,7,10H,4-6,8-9H2,1H3,(H,19,23)/t10-/m1/s1. The van der Waals surface area contributed by atoms with Gasteiger partial charge in [0.1, 0.15) is 17.5 Å². The molecule has 3 rings (SSSR count). The van der Waals surface area contributed by atoms with E-state index in [0.717, 1.165) is 23.9 Å². The Hall–Kier alpha value is -2.01. The molecular weight excluding hydrogens is 398 g/mol. The van der Waals surface area contributed by atoms with E-state index in [9.17, 15) is 22.0 Å². The molecule has 1 atom stereocenters. The molecule has 1 saturated heterocycles. The van der Waals surface area contributed by atoms with Crippen molar-refractivity contribution in [1.29, 1.82) is 0 Å². The third kappa shape index (κ3) is 5.04. The van der Waals surface area contributed by atoms with Crippen LogP contribution in [-0.2, 0) is 28.1 Å². The number of carbonyl (C=O) groups is 1. The van der Waals surface area contributed by atoms with E-state index in [2.05, 4.69) is 15.5 Å². The lowest BCUT2D eigenvalue weighted by Gasteiger charge is -2.08. The molecule has 1 aliphatic heterocycles. The van der Waals surface area contributed by atoms with Crippen molar-refractivity contribution in [2.45, 2.75) is 18.0 Å². The van der Waals surface area contributed by atoms with E-state index in [-0.39, 0.29) is 28.9 Å². The highest BCUT2D eigenvalue weighted by Gasteiger charge is 2.29. The van der Waals surface area contributed by atoms with Gasteiger partial charge in [0.2, 0.25) is 5.91 Å². The molecule has 1 fully saturated rings. The van der Waals surface area contributed by atoms with E-state index in [1.165, 1.54) is 0 Å². The van der Waals surface area contributed by atoms with Crippen LogP contribution in [0.5, 0.6) is 0 Å². The maximum atomic E-state index is 13.6. The zero-order chi connectivity index (χ0) is 19.6. The Labute approximate surface area is 159 Å². The number of thioether (sulfide) groups is 1. The normalized spacial score (nSPS) is 18.6. The molecule has 0 spiro atoms. The number of aromatic nitrogens is 3. The molecule has 1 aromatic heterocycles. The molecule has 2 aromatic rings. The molecule has 1 amide bonds. The summed E-state index contributed by atoms with van der Waals surface area (Å²) in [6, 6.07) is 2.91. The minimum Gasteiger partial charge on any atom is -0.323 e. The number of carbonyl (C=O) groups excluding carboxylic acids is 1. The van der Waals surface area contributed by atoms with E-state index >= 15 is 0 Å². The summed E-state index contributed by atoms with van der Waals surface area (Å²) in [6.07, 6.45) is 1.12. The molecule has 0 saturated carbocycles. The Balaban J connectivity index is 1.55. The SMILES string of the molecule is Cn1c(C[C@H]2CCS(=O)(=O)C2)nnc1SCC(=O)Nc1ccc(F)cc1F. The van der Waals surface area contributed by atoms with Crippen LogP contribution in [0.15, 0.2) is 23.4 Å². The highest BCUT2D eigenvalue weighted by Crippen LogP contribution is 2.24. The number of hydrogen-bond donors (Lipinski definition) is 1. The summed E-state index contributed by atoms with van der Waals surface area (Å²) in [7, 11) is -1.20. The second kappa shape index (κ2) is 7.93. The van der Waals surface area contributed by atoms with Crippen molar-refractivity contribution >= 4 is 33.2 Å². The van der Waals surface area contributed by atoms with Crippen LogP contribution in [0.2, 0.25) is 0 Å². The summed E-state index contributed by atoms with van der Waals surface area (Å²) in [5.41, 5.74) is -0.0944. The van der Waals surface area contributed by atoms with E-state index < -0.39 is 27.4 Å². The lowest BCUT2D eigenvalue weighted by atomic mass is 10.1. The predicted octanol–water partition coefficient (Wildman–Crippen LogP) is 1.80. The monoisotopic (exact) mass is 416 g/mol. The molecule has 1 aliphatic rings. The van der Waals surface area contributed by atoms with Gasteiger partial charge < -0.3 is 9.88 Å². The van der Waals surface area contributed by atoms with Crippen molar-refractivity contribution in [3.63, 3.8) is 0 Å². The van der Waals surface area contributed by atoms with Crippen molar-refractivity contribution in [1.82, 2.24) is 14.8 Å². The molecule has 0 aliphatic carbocycles. The lowest BCUT2D eigenvalue weighted by molar-refractivity contribution is -0.113. The average Bonchev–Trinajstić information content (AvgIpc) is 3.11. The third-order valence-corrected chi connectivity index (χ3v) is 7.12. The van der Waals surface area contributed by atoms with Crippen LogP contribution in [0.4, 0.5) is 14.5 Å². The first-order valence-corrected chi connectivity index (χ1v) is 11.0. The van der Waals surface area contributed by atoms with Crippen molar-refractivity contribution in [3.8, 4) is 0 Å². The number of sulfone groups is 1. The van der Waals surface area contributed by atoms with Crippen LogP contribution in [0.3, 0.4) is 0 Å². The number of anilines is 1. The zero-order valence-electron chi connectivity index (χ0n) is 14.5. The number of halogens is 2. The van der Waals surface area contributed by atoms with Gasteiger partial charge in [0, 0.05) is 19.5 Å². The molecular formula is C16H18F2N4O3S2. The largest absolute Gasteiger partial charge is 0.323 e. The molecule has 1 aromatic carbocycles. The fourth-order valence-electron chi connectivity index (χ4n) is 2.85. The van der Waals surface area contributed by atoms with Gasteiger partial charge >= 0.3 is 0 Å². The Bertz CT molecular complexity index is 963. The van der Waals surface area contributed by atoms with Crippen LogP contribution in [-0.4, -0.2) is 46.3 Å². The van der Waals surface area contributed by atoms with Crippen molar-refractivity contribution in [2.24, 2.45) is 13.0 Å². The molecule has 7 nitrogen and oxygen atoms in total. The van der Waals surface area contributed by atoms with Gasteiger partial charge in [0.25, 0.3) is 0 Å². The molecule has 0 unspecified atom stereocenters. The highest BCUT2D eigenvalue weighted by atomic mass is 32.2. The third-order valence-electron chi connectivity index (χ3n) is 4.26. The number of nitrogens with one attached hydrogen (secondary N) is 1. The first-order valence-electron chi connectivity index (χ1n) is 8.20. The van der Waals surface area contributed by atoms with Crippen molar-refractivity contribution in [2.75, 3.05) is 22.6 Å². The van der Waals surface area contributed by atoms with Gasteiger partial charge in [-0.1, -0.05) is 11.8 Å². The highest BCUT2D eigenvalue weighted by molar-refractivity contribution is 7.99. The van der Waals surface area contributed by atoms with Gasteiger partial charge in [-0.25, -0.2) is 17.2 Å². The summed E-state index contributed by atoms with van der Waals surface area (Å²) in [6.45, 7) is 0. The fraction of sp³-hybridized carbons (Fsp3) is 0.438. The molecule has 0 radical (unpaired) electrons. The van der Waals surface area contributed by atoms with E-state index in [1.807, 2.05) is 0 Å². The van der Waals surface area contributed by atoms with Crippen LogP contribution in [0.25, 0.3) is 0 Å². The Morgan fingerprint density at radius 2 is 2.15 bits per heavy atom. The topological polar surface area (TPSA) is 93.9 Å². The minimum absolute atomic E-state index is 0.0272. The van der Waals surface area contributed by atoms with Crippen molar-refractivity contribution < 1.29 is 22.0 Å². The molecule has 146 valence electrons. The number of rotatable bonds is 6. The molecule has 0 bridgehead atoms. The minimum atomic E-state index is -2.95. The summed E-state index contributed by atoms with van der Waals surface area (Å²) in [5.74, 6) is -1.00. The van der Waals surface area contributed by atoms with E-state index in [1.54, 1.807) is 11.6 Å². The van der Waals surface area contributed by atoms with Crippen LogP contribution in [0, 0.1) is 17.6 Å². The summed E-state index contributed by atoms with van der Waals surface area (Å²) >= 11 is 1.12. The molecule has 11 heteroatoms. The predicted molar refractivity (Wildman–Crippen MR) is 97.2 cm³/mol. The molecule has 1 N–H and O–H groups in total. The van der Waals surface area contributed by atoms with Gasteiger partial charge in [-0.2, -0.15) is 0 Å². The maximum Gasteiger partial charge on any atom is 0.234 e. The van der Waals surface area contributed by atoms with Crippen molar-refractivity contribution in [3.05, 3.63) is 35.7 Å². The number of nitrogens with zero attached hydrogens (tertiary/aromatic N) is 3. The van der Waals surface area contributed by atoms with Gasteiger partial charge in [-0.05, 0) is 24.5 Å². The van der Waals surface area contributed by atoms with Crippen LogP contribution in [0.1, 0.15) is 12.2 Å². The Morgan fingerprint density at radius 1 is 1.37 bits per heavy atom. The smallest absolute Gasteiger partial charge is 0.234 e. The Morgan fingerprint density at radius 3 is 2.81 bits per heavy atom. The van der Waals surface area contributed by atoms with Gasteiger partial charge in [0.05, 0.1) is 22.9 Å². The summed E-state index contributed by atoms with van der Waals surface area (Å²) in [5, 5.41) is 11.0. The van der Waals surface area contributed by atoms with Crippen LogP contribution < -0.4 is 5.32 Å². The average molecular weight is 416 g/mol. The van der Waals surface area contributed by atoms with E-state index in [4.69, 9.17) is 0 Å². The second-order valence-electron chi connectivity index (χ2n) is 6.39. The summed E-state index contributed by atoms with van der Waals surface area (Å²) in [4.78, 5) is 12.0. The van der Waals surface area contributed by atoms with Crippen LogP contribution >= 0.6 is 11.8 Å². The molecule has 2 heterocycles. The van der Waals surface area contributed by atoms with Gasteiger partial charge in [-0.15, -0.1) is 10.2 Å². The zero-order valence-corrected chi connectivity index (χ0v) is 16.1. The maximum absolute atomic E-state index is 13.6. The first-order chi connectivity index (χ1) is 12.7. The lowest BCUT2D eigenvalue weighted by Crippen LogP contribution is -2.15. The second-order valence-corrected chi connectivity index (χ2v) is 9.56. The van der Waals surface area contributed by atoms with Gasteiger partial charge in [-0.3, -0.25) is 4.79 Å². The quantitative estimate of drug-likeness (QED) is 0.722. The number of hydrogen-bond acceptors (Lipinski definition) is 6. The molecule has 27 heavy (non-hydrogen) atoms. The van der Waals surface area contributed by atoms with Gasteiger partial charge in [0.15, 0.2) is 15.0 Å². The van der Waals surface area contributed by atoms with E-state index in [0.29, 0.717) is 29.9 Å².